The number of benzene rings is 1. The maximum atomic E-state index is 6.08. The summed E-state index contributed by atoms with van der Waals surface area (Å²) in [5.74, 6) is 0. The van der Waals surface area contributed by atoms with Crippen LogP contribution in [-0.4, -0.2) is 6.04 Å². The maximum Gasteiger partial charge on any atom is 0.0226 e. The van der Waals surface area contributed by atoms with Crippen LogP contribution in [0.4, 0.5) is 0 Å². The first kappa shape index (κ1) is 14.3. The highest BCUT2D eigenvalue weighted by Crippen LogP contribution is 2.24. The van der Waals surface area contributed by atoms with E-state index in [4.69, 9.17) is 5.73 Å². The molecule has 1 aromatic rings. The van der Waals surface area contributed by atoms with Gasteiger partial charge in [-0.25, -0.2) is 0 Å². The molecule has 0 amide bonds. The van der Waals surface area contributed by atoms with Crippen LogP contribution in [0.15, 0.2) is 35.9 Å². The van der Waals surface area contributed by atoms with E-state index in [-0.39, 0.29) is 11.5 Å². The minimum Gasteiger partial charge on any atom is -0.324 e. The van der Waals surface area contributed by atoms with E-state index >= 15 is 0 Å². The summed E-state index contributed by atoms with van der Waals surface area (Å²) in [4.78, 5) is 0. The summed E-state index contributed by atoms with van der Waals surface area (Å²) in [5.41, 5.74) is 10.7. The summed E-state index contributed by atoms with van der Waals surface area (Å²) in [6.45, 7) is 6.78. The van der Waals surface area contributed by atoms with Gasteiger partial charge in [0.15, 0.2) is 0 Å². The molecule has 1 aliphatic carbocycles. The Balaban J connectivity index is 2.07. The van der Waals surface area contributed by atoms with Crippen molar-refractivity contribution in [2.75, 3.05) is 0 Å². The van der Waals surface area contributed by atoms with Crippen LogP contribution in [0.1, 0.15) is 57.6 Å². The molecule has 104 valence electrons. The van der Waals surface area contributed by atoms with Crippen LogP contribution in [-0.2, 0) is 11.8 Å². The Hall–Kier alpha value is -1.08. The first-order valence-electron chi connectivity index (χ1n) is 7.50. The smallest absolute Gasteiger partial charge is 0.0226 e. The topological polar surface area (TPSA) is 26.0 Å². The van der Waals surface area contributed by atoms with Crippen molar-refractivity contribution >= 4 is 0 Å². The van der Waals surface area contributed by atoms with Crippen molar-refractivity contribution < 1.29 is 0 Å². The van der Waals surface area contributed by atoms with Crippen LogP contribution >= 0.6 is 0 Å². The predicted molar refractivity (Wildman–Crippen MR) is 83.4 cm³/mol. The molecule has 0 heterocycles. The summed E-state index contributed by atoms with van der Waals surface area (Å²) < 4.78 is 0. The molecule has 0 spiro atoms. The fraction of sp³-hybridized carbons (Fsp3) is 0.556. The Kier molecular flexibility index (Phi) is 4.46. The van der Waals surface area contributed by atoms with Crippen LogP contribution in [0.2, 0.25) is 0 Å². The second-order valence-corrected chi connectivity index (χ2v) is 6.86. The van der Waals surface area contributed by atoms with Crippen molar-refractivity contribution in [1.29, 1.82) is 0 Å². The van der Waals surface area contributed by atoms with Gasteiger partial charge in [0.1, 0.15) is 0 Å². The summed E-state index contributed by atoms with van der Waals surface area (Å²) in [7, 11) is 0. The number of hydrogen-bond donors (Lipinski definition) is 1. The van der Waals surface area contributed by atoms with Crippen molar-refractivity contribution in [3.63, 3.8) is 0 Å². The zero-order chi connectivity index (χ0) is 13.9. The van der Waals surface area contributed by atoms with Gasteiger partial charge in [-0.15, -0.1) is 0 Å². The van der Waals surface area contributed by atoms with Gasteiger partial charge >= 0.3 is 0 Å². The zero-order valence-electron chi connectivity index (χ0n) is 12.6. The molecule has 0 saturated heterocycles. The second-order valence-electron chi connectivity index (χ2n) is 6.86. The molecular formula is C18H27N. The molecule has 2 rings (SSSR count). The Labute approximate surface area is 117 Å². The SMILES string of the molecule is CC(C)(C)c1ccc(CC2=CC(N)CCCC2)cc1. The van der Waals surface area contributed by atoms with Gasteiger partial charge in [0, 0.05) is 6.04 Å². The summed E-state index contributed by atoms with van der Waals surface area (Å²) in [6, 6.07) is 9.36. The molecule has 1 unspecified atom stereocenters. The molecule has 0 saturated carbocycles. The summed E-state index contributed by atoms with van der Waals surface area (Å²) >= 11 is 0. The van der Waals surface area contributed by atoms with Crippen LogP contribution in [0.3, 0.4) is 0 Å². The standard InChI is InChI=1S/C18H27N/c1-18(2,3)16-10-8-14(9-11-16)12-15-6-4-5-7-17(19)13-15/h8-11,13,17H,4-7,12,19H2,1-3H3. The molecule has 19 heavy (non-hydrogen) atoms. The first-order valence-corrected chi connectivity index (χ1v) is 7.50. The highest BCUT2D eigenvalue weighted by Gasteiger charge is 2.13. The van der Waals surface area contributed by atoms with Crippen molar-refractivity contribution in [3.8, 4) is 0 Å². The van der Waals surface area contributed by atoms with Crippen molar-refractivity contribution in [2.45, 2.75) is 64.3 Å². The largest absolute Gasteiger partial charge is 0.324 e. The van der Waals surface area contributed by atoms with Gasteiger partial charge in [0.25, 0.3) is 0 Å². The maximum absolute atomic E-state index is 6.08. The molecule has 0 radical (unpaired) electrons. The van der Waals surface area contributed by atoms with Gasteiger partial charge in [-0.2, -0.15) is 0 Å². The normalized spacial score (nSPS) is 20.8. The Morgan fingerprint density at radius 2 is 1.79 bits per heavy atom. The second kappa shape index (κ2) is 5.92. The predicted octanol–water partition coefficient (Wildman–Crippen LogP) is 4.35. The minimum absolute atomic E-state index is 0.239. The molecule has 1 nitrogen and oxygen atoms in total. The monoisotopic (exact) mass is 257 g/mol. The fourth-order valence-corrected chi connectivity index (χ4v) is 2.73. The van der Waals surface area contributed by atoms with Crippen LogP contribution in [0.25, 0.3) is 0 Å². The lowest BCUT2D eigenvalue weighted by atomic mass is 9.86. The van der Waals surface area contributed by atoms with Crippen LogP contribution in [0, 0.1) is 0 Å². The zero-order valence-corrected chi connectivity index (χ0v) is 12.6. The molecule has 1 atom stereocenters. The van der Waals surface area contributed by atoms with Gasteiger partial charge < -0.3 is 5.73 Å². The average Bonchev–Trinajstić information content (AvgIpc) is 2.53. The number of rotatable bonds is 2. The highest BCUT2D eigenvalue weighted by molar-refractivity contribution is 5.30. The van der Waals surface area contributed by atoms with Crippen LogP contribution in [0.5, 0.6) is 0 Å². The average molecular weight is 257 g/mol. The van der Waals surface area contributed by atoms with Gasteiger partial charge in [-0.05, 0) is 42.2 Å². The molecule has 0 aliphatic heterocycles. The molecule has 0 fully saturated rings. The third kappa shape index (κ3) is 4.21. The van der Waals surface area contributed by atoms with E-state index in [0.717, 1.165) is 12.8 Å². The van der Waals surface area contributed by atoms with E-state index in [1.165, 1.54) is 36.0 Å². The van der Waals surface area contributed by atoms with Crippen molar-refractivity contribution in [3.05, 3.63) is 47.0 Å². The molecule has 1 aliphatic rings. The van der Waals surface area contributed by atoms with E-state index in [1.807, 2.05) is 0 Å². The van der Waals surface area contributed by atoms with Gasteiger partial charge in [-0.3, -0.25) is 0 Å². The fourth-order valence-electron chi connectivity index (χ4n) is 2.73. The molecular weight excluding hydrogens is 230 g/mol. The molecule has 0 aromatic heterocycles. The molecule has 0 bridgehead atoms. The van der Waals surface area contributed by atoms with Crippen LogP contribution < -0.4 is 5.73 Å². The lowest BCUT2D eigenvalue weighted by Gasteiger charge is -2.19. The van der Waals surface area contributed by atoms with Crippen molar-refractivity contribution in [2.24, 2.45) is 5.73 Å². The van der Waals surface area contributed by atoms with Crippen molar-refractivity contribution in [1.82, 2.24) is 0 Å². The molecule has 2 N–H and O–H groups in total. The third-order valence-corrected chi connectivity index (χ3v) is 3.99. The van der Waals surface area contributed by atoms with E-state index in [9.17, 15) is 0 Å². The number of allylic oxidation sites excluding steroid dienone is 1. The summed E-state index contributed by atoms with van der Waals surface area (Å²) in [5, 5.41) is 0. The third-order valence-electron chi connectivity index (χ3n) is 3.99. The molecule has 1 heteroatoms. The summed E-state index contributed by atoms with van der Waals surface area (Å²) in [6.07, 6.45) is 8.29. The van der Waals surface area contributed by atoms with Gasteiger partial charge in [-0.1, -0.05) is 63.1 Å². The lowest BCUT2D eigenvalue weighted by Crippen LogP contribution is -2.16. The van der Waals surface area contributed by atoms with E-state index in [0.29, 0.717) is 0 Å². The molecule has 1 aromatic carbocycles. The first-order chi connectivity index (χ1) is 8.95. The van der Waals surface area contributed by atoms with E-state index < -0.39 is 0 Å². The quantitative estimate of drug-likeness (QED) is 0.783. The van der Waals surface area contributed by atoms with Gasteiger partial charge in [0.2, 0.25) is 0 Å². The minimum atomic E-state index is 0.239. The Bertz CT molecular complexity index is 434. The van der Waals surface area contributed by atoms with E-state index in [1.54, 1.807) is 0 Å². The highest BCUT2D eigenvalue weighted by atomic mass is 14.6. The van der Waals surface area contributed by atoms with Gasteiger partial charge in [0.05, 0.1) is 0 Å². The van der Waals surface area contributed by atoms with E-state index in [2.05, 4.69) is 51.1 Å². The number of nitrogens with two attached hydrogens (primary N) is 1. The Morgan fingerprint density at radius 3 is 2.42 bits per heavy atom. The lowest BCUT2D eigenvalue weighted by molar-refractivity contribution is 0.590. The Morgan fingerprint density at radius 1 is 1.11 bits per heavy atom. The number of hydrogen-bond acceptors (Lipinski definition) is 1.